The Balaban J connectivity index is 2.11. The van der Waals surface area contributed by atoms with Gasteiger partial charge in [-0.05, 0) is 31.6 Å². The summed E-state index contributed by atoms with van der Waals surface area (Å²) in [4.78, 5) is 20.3. The number of carboxylic acid groups (broad SMARTS) is 1. The van der Waals surface area contributed by atoms with E-state index in [0.717, 1.165) is 50.6 Å². The van der Waals surface area contributed by atoms with E-state index in [1.54, 1.807) is 24.7 Å². The number of pyridine rings is 2. The van der Waals surface area contributed by atoms with Gasteiger partial charge in [-0.2, -0.15) is 5.10 Å². The lowest BCUT2D eigenvalue weighted by Gasteiger charge is -2.16. The van der Waals surface area contributed by atoms with Crippen molar-refractivity contribution in [2.75, 3.05) is 0 Å². The minimum absolute atomic E-state index is 0.695. The molecule has 6 nitrogen and oxygen atoms in total. The molecule has 0 saturated heterocycles. The molecule has 0 bridgehead atoms. The third-order valence-corrected chi connectivity index (χ3v) is 4.50. The van der Waals surface area contributed by atoms with E-state index in [4.69, 9.17) is 4.98 Å². The Labute approximate surface area is 156 Å². The molecule has 0 amide bonds. The van der Waals surface area contributed by atoms with Crippen molar-refractivity contribution in [2.24, 2.45) is 0 Å². The summed E-state index contributed by atoms with van der Waals surface area (Å²) in [7, 11) is 0. The smallest absolute Gasteiger partial charge is 0.328 e. The Morgan fingerprint density at radius 2 is 2.11 bits per heavy atom. The van der Waals surface area contributed by atoms with Crippen molar-refractivity contribution in [3.8, 4) is 11.1 Å². The topological polar surface area (TPSA) is 80.9 Å². The average Bonchev–Trinajstić information content (AvgIpc) is 3.00. The predicted octanol–water partition coefficient (Wildman–Crippen LogP) is 3.87. The fourth-order valence-corrected chi connectivity index (χ4v) is 3.22. The van der Waals surface area contributed by atoms with Gasteiger partial charge in [0, 0.05) is 52.7 Å². The van der Waals surface area contributed by atoms with Crippen molar-refractivity contribution in [2.45, 2.75) is 20.4 Å². The van der Waals surface area contributed by atoms with E-state index in [1.165, 1.54) is 0 Å². The number of carboxylic acids is 1. The first-order chi connectivity index (χ1) is 13.1. The molecule has 27 heavy (non-hydrogen) atoms. The maximum Gasteiger partial charge on any atom is 0.328 e. The molecule has 134 valence electrons. The lowest BCUT2D eigenvalue weighted by Crippen LogP contribution is -2.04. The second-order valence-corrected chi connectivity index (χ2v) is 6.35. The summed E-state index contributed by atoms with van der Waals surface area (Å²) in [6.07, 6.45) is 14.0. The Bertz CT molecular complexity index is 1150. The molecule has 1 aliphatic carbocycles. The van der Waals surface area contributed by atoms with Crippen LogP contribution < -0.4 is 0 Å². The molecule has 6 heteroatoms. The van der Waals surface area contributed by atoms with Crippen LogP contribution >= 0.6 is 0 Å². The van der Waals surface area contributed by atoms with Gasteiger partial charge in [0.1, 0.15) is 0 Å². The molecule has 3 heterocycles. The van der Waals surface area contributed by atoms with E-state index in [1.807, 2.05) is 42.8 Å². The van der Waals surface area contributed by atoms with Crippen molar-refractivity contribution in [1.82, 2.24) is 19.7 Å². The predicted molar refractivity (Wildman–Crippen MR) is 105 cm³/mol. The van der Waals surface area contributed by atoms with Gasteiger partial charge in [0.15, 0.2) is 5.65 Å². The molecular weight excluding hydrogens is 340 g/mol. The minimum atomic E-state index is -1.00. The first-order valence-corrected chi connectivity index (χ1v) is 8.69. The number of fused-ring (bicyclic) bond motifs is 1. The standard InChI is InChI=1S/C21H18N4O2/c1-3-25-21-17(12-23-25)19(15-9-13(2)10-22-11-15)16(7-8-18(26)27)20(24-21)14-5-4-6-14/h4-12H,3H2,1-2H3,(H,26,27)/b8-7+. The zero-order chi connectivity index (χ0) is 19.0. The van der Waals surface area contributed by atoms with Crippen LogP contribution in [0.2, 0.25) is 0 Å². The SMILES string of the molecule is CCn1ncc2c(-c3cncc(C)c3)c(/C=C/C(=O)O)c(C3=CC=C3)nc21. The third kappa shape index (κ3) is 2.95. The third-order valence-electron chi connectivity index (χ3n) is 4.50. The summed E-state index contributed by atoms with van der Waals surface area (Å²) in [5.74, 6) is -1.00. The second-order valence-electron chi connectivity index (χ2n) is 6.35. The van der Waals surface area contributed by atoms with Crippen molar-refractivity contribution >= 4 is 28.7 Å². The molecule has 0 atom stereocenters. The molecule has 0 unspecified atom stereocenters. The van der Waals surface area contributed by atoms with Gasteiger partial charge in [-0.25, -0.2) is 14.5 Å². The summed E-state index contributed by atoms with van der Waals surface area (Å²) in [6, 6.07) is 2.04. The van der Waals surface area contributed by atoms with E-state index < -0.39 is 5.97 Å². The van der Waals surface area contributed by atoms with Crippen LogP contribution in [0.15, 0.2) is 49.0 Å². The monoisotopic (exact) mass is 358 g/mol. The maximum absolute atomic E-state index is 11.2. The molecule has 0 fully saturated rings. The summed E-state index contributed by atoms with van der Waals surface area (Å²) < 4.78 is 1.85. The van der Waals surface area contributed by atoms with Gasteiger partial charge < -0.3 is 5.11 Å². The number of aryl methyl sites for hydroxylation is 2. The van der Waals surface area contributed by atoms with Crippen LogP contribution in [0.5, 0.6) is 0 Å². The van der Waals surface area contributed by atoms with E-state index in [0.29, 0.717) is 6.54 Å². The molecular formula is C21H18N4O2. The molecule has 0 aromatic carbocycles. The summed E-state index contributed by atoms with van der Waals surface area (Å²) >= 11 is 0. The Morgan fingerprint density at radius 1 is 1.30 bits per heavy atom. The fraction of sp³-hybridized carbons (Fsp3) is 0.143. The number of carbonyl (C=O) groups is 1. The molecule has 3 aromatic rings. The van der Waals surface area contributed by atoms with Crippen LogP contribution in [0.3, 0.4) is 0 Å². The van der Waals surface area contributed by atoms with Crippen LogP contribution in [0.1, 0.15) is 23.7 Å². The van der Waals surface area contributed by atoms with Gasteiger partial charge in [-0.1, -0.05) is 18.2 Å². The Kier molecular flexibility index (Phi) is 4.16. The number of aliphatic carboxylic acids is 1. The van der Waals surface area contributed by atoms with Crippen molar-refractivity contribution < 1.29 is 9.90 Å². The largest absolute Gasteiger partial charge is 0.478 e. The lowest BCUT2D eigenvalue weighted by atomic mass is 9.91. The minimum Gasteiger partial charge on any atom is -0.478 e. The summed E-state index contributed by atoms with van der Waals surface area (Å²) in [6.45, 7) is 4.69. The first kappa shape index (κ1) is 16.9. The molecule has 1 aliphatic rings. The number of rotatable bonds is 5. The molecule has 0 saturated carbocycles. The highest BCUT2D eigenvalue weighted by Crippen LogP contribution is 2.37. The molecule has 1 N–H and O–H groups in total. The van der Waals surface area contributed by atoms with Crippen molar-refractivity contribution in [3.63, 3.8) is 0 Å². The molecule has 0 radical (unpaired) electrons. The van der Waals surface area contributed by atoms with E-state index in [2.05, 4.69) is 10.1 Å². The van der Waals surface area contributed by atoms with Gasteiger partial charge >= 0.3 is 5.97 Å². The van der Waals surface area contributed by atoms with Gasteiger partial charge in [0.25, 0.3) is 0 Å². The van der Waals surface area contributed by atoms with Crippen LogP contribution in [0, 0.1) is 6.92 Å². The van der Waals surface area contributed by atoms with E-state index in [9.17, 15) is 9.90 Å². The van der Waals surface area contributed by atoms with Crippen molar-refractivity contribution in [1.29, 1.82) is 0 Å². The zero-order valence-electron chi connectivity index (χ0n) is 15.0. The molecule has 0 spiro atoms. The van der Waals surface area contributed by atoms with E-state index >= 15 is 0 Å². The zero-order valence-corrected chi connectivity index (χ0v) is 15.0. The van der Waals surface area contributed by atoms with Gasteiger partial charge in [0.2, 0.25) is 0 Å². The number of hydrogen-bond acceptors (Lipinski definition) is 4. The van der Waals surface area contributed by atoms with Crippen molar-refractivity contribution in [3.05, 3.63) is 65.8 Å². The number of allylic oxidation sites excluding steroid dienone is 4. The highest BCUT2D eigenvalue weighted by molar-refractivity contribution is 6.02. The van der Waals surface area contributed by atoms with E-state index in [-0.39, 0.29) is 0 Å². The molecule has 3 aromatic heterocycles. The van der Waals surface area contributed by atoms with Crippen LogP contribution in [-0.2, 0) is 11.3 Å². The van der Waals surface area contributed by atoms with Gasteiger partial charge in [0.05, 0.1) is 11.9 Å². The average molecular weight is 358 g/mol. The Morgan fingerprint density at radius 3 is 2.74 bits per heavy atom. The van der Waals surface area contributed by atoms with Crippen LogP contribution in [0.25, 0.3) is 33.8 Å². The fourth-order valence-electron chi connectivity index (χ4n) is 3.22. The van der Waals surface area contributed by atoms with Crippen LogP contribution in [0.4, 0.5) is 0 Å². The number of aromatic nitrogens is 4. The normalized spacial score (nSPS) is 13.2. The molecule has 0 aliphatic heterocycles. The Hall–Kier alpha value is -3.54. The number of hydrogen-bond donors (Lipinski definition) is 1. The second kappa shape index (κ2) is 6.64. The first-order valence-electron chi connectivity index (χ1n) is 8.69. The highest BCUT2D eigenvalue weighted by atomic mass is 16.4. The number of nitrogens with zero attached hydrogens (tertiary/aromatic N) is 4. The lowest BCUT2D eigenvalue weighted by molar-refractivity contribution is -0.131. The van der Waals surface area contributed by atoms with Gasteiger partial charge in [-0.3, -0.25) is 4.98 Å². The summed E-state index contributed by atoms with van der Waals surface area (Å²) in [5, 5.41) is 14.5. The van der Waals surface area contributed by atoms with Gasteiger partial charge in [-0.15, -0.1) is 0 Å². The summed E-state index contributed by atoms with van der Waals surface area (Å²) in [5.41, 5.74) is 6.07. The quantitative estimate of drug-likeness (QED) is 0.700. The maximum atomic E-state index is 11.2. The van der Waals surface area contributed by atoms with Crippen LogP contribution in [-0.4, -0.2) is 30.8 Å². The highest BCUT2D eigenvalue weighted by Gasteiger charge is 2.21. The molecule has 4 rings (SSSR count).